The molecule has 3 heteroatoms. The summed E-state index contributed by atoms with van der Waals surface area (Å²) in [5.74, 6) is 0.0245. The van der Waals surface area contributed by atoms with Crippen LogP contribution in [-0.4, -0.2) is 18.2 Å². The fourth-order valence-corrected chi connectivity index (χ4v) is 2.66. The first kappa shape index (κ1) is 13.1. The minimum absolute atomic E-state index is 0.339. The van der Waals surface area contributed by atoms with E-state index in [9.17, 15) is 9.90 Å². The Morgan fingerprint density at radius 2 is 1.83 bits per heavy atom. The molecule has 1 aliphatic rings. The van der Waals surface area contributed by atoms with Gasteiger partial charge in [-0.15, -0.1) is 0 Å². The highest BCUT2D eigenvalue weighted by Gasteiger charge is 2.23. The van der Waals surface area contributed by atoms with E-state index >= 15 is 0 Å². The third-order valence-electron chi connectivity index (χ3n) is 3.77. The maximum Gasteiger partial charge on any atom is 0.337 e. The van der Waals surface area contributed by atoms with Crippen molar-refractivity contribution in [2.45, 2.75) is 38.2 Å². The van der Waals surface area contributed by atoms with Gasteiger partial charge < -0.3 is 9.84 Å². The molecule has 98 valence electrons. The monoisotopic (exact) mass is 248 g/mol. The van der Waals surface area contributed by atoms with Gasteiger partial charge in [0.2, 0.25) is 0 Å². The summed E-state index contributed by atoms with van der Waals surface area (Å²) in [7, 11) is 1.37. The lowest BCUT2D eigenvalue weighted by atomic mass is 9.82. The Bertz CT molecular complexity index is 391. The Morgan fingerprint density at radius 1 is 1.22 bits per heavy atom. The largest absolute Gasteiger partial charge is 0.465 e. The van der Waals surface area contributed by atoms with Crippen LogP contribution in [0.5, 0.6) is 0 Å². The van der Waals surface area contributed by atoms with E-state index in [1.165, 1.54) is 26.4 Å². The van der Waals surface area contributed by atoms with Gasteiger partial charge in [-0.2, -0.15) is 0 Å². The van der Waals surface area contributed by atoms with E-state index in [1.54, 1.807) is 12.1 Å². The number of esters is 1. The summed E-state index contributed by atoms with van der Waals surface area (Å²) < 4.78 is 4.65. The van der Waals surface area contributed by atoms with E-state index < -0.39 is 6.10 Å². The molecule has 3 nitrogen and oxygen atoms in total. The number of hydrogen-bond acceptors (Lipinski definition) is 3. The minimum Gasteiger partial charge on any atom is -0.465 e. The second-order valence-corrected chi connectivity index (χ2v) is 4.96. The van der Waals surface area contributed by atoms with Gasteiger partial charge in [-0.1, -0.05) is 31.4 Å². The van der Waals surface area contributed by atoms with Gasteiger partial charge in [0, 0.05) is 0 Å². The Kier molecular flexibility index (Phi) is 4.37. The van der Waals surface area contributed by atoms with Crippen molar-refractivity contribution >= 4 is 5.97 Å². The Balaban J connectivity index is 2.06. The van der Waals surface area contributed by atoms with Crippen LogP contribution in [0.3, 0.4) is 0 Å². The lowest BCUT2D eigenvalue weighted by molar-refractivity contribution is 0.0600. The average Bonchev–Trinajstić information content (AvgIpc) is 2.47. The molecule has 0 bridgehead atoms. The number of aliphatic hydroxyl groups excluding tert-OH is 1. The number of methoxy groups -OCH3 is 1. The number of aliphatic hydroxyl groups is 1. The highest BCUT2D eigenvalue weighted by molar-refractivity contribution is 5.89. The quantitative estimate of drug-likeness (QED) is 0.836. The molecule has 1 saturated carbocycles. The molecule has 0 radical (unpaired) electrons. The predicted molar refractivity (Wildman–Crippen MR) is 69.3 cm³/mol. The maximum atomic E-state index is 11.3. The molecule has 1 atom stereocenters. The highest BCUT2D eigenvalue weighted by Crippen LogP contribution is 2.34. The highest BCUT2D eigenvalue weighted by atomic mass is 16.5. The van der Waals surface area contributed by atoms with Crippen LogP contribution in [0.15, 0.2) is 24.3 Å². The first-order chi connectivity index (χ1) is 8.72. The molecule has 2 rings (SSSR count). The zero-order valence-corrected chi connectivity index (χ0v) is 10.8. The van der Waals surface area contributed by atoms with Crippen molar-refractivity contribution in [1.82, 2.24) is 0 Å². The standard InChI is InChI=1S/C15H20O3/c1-18-15(17)13-9-7-12(8-10-13)14(16)11-5-3-2-4-6-11/h7-11,14,16H,2-6H2,1H3/t14-/m1/s1. The Labute approximate surface area is 108 Å². The summed E-state index contributed by atoms with van der Waals surface area (Å²) in [4.78, 5) is 11.3. The van der Waals surface area contributed by atoms with E-state index in [-0.39, 0.29) is 5.97 Å². The van der Waals surface area contributed by atoms with Crippen molar-refractivity contribution in [2.24, 2.45) is 5.92 Å². The smallest absolute Gasteiger partial charge is 0.337 e. The van der Waals surface area contributed by atoms with Gasteiger partial charge in [0.15, 0.2) is 0 Å². The Hall–Kier alpha value is -1.35. The summed E-state index contributed by atoms with van der Waals surface area (Å²) in [5, 5.41) is 10.3. The van der Waals surface area contributed by atoms with Gasteiger partial charge in [-0.3, -0.25) is 0 Å². The lowest BCUT2D eigenvalue weighted by Gasteiger charge is -2.26. The molecule has 0 aliphatic heterocycles. The number of carbonyl (C=O) groups excluding carboxylic acids is 1. The number of ether oxygens (including phenoxy) is 1. The summed E-state index contributed by atoms with van der Waals surface area (Å²) in [6, 6.07) is 7.08. The number of hydrogen-bond donors (Lipinski definition) is 1. The average molecular weight is 248 g/mol. The van der Waals surface area contributed by atoms with Crippen LogP contribution in [0.4, 0.5) is 0 Å². The van der Waals surface area contributed by atoms with Gasteiger partial charge >= 0.3 is 5.97 Å². The normalized spacial score (nSPS) is 18.3. The summed E-state index contributed by atoms with van der Waals surface area (Å²) >= 11 is 0. The van der Waals surface area contributed by atoms with Crippen LogP contribution in [0.1, 0.15) is 54.1 Å². The molecule has 1 N–H and O–H groups in total. The van der Waals surface area contributed by atoms with Crippen LogP contribution in [0.25, 0.3) is 0 Å². The zero-order chi connectivity index (χ0) is 13.0. The molecule has 1 aromatic rings. The molecule has 1 aromatic carbocycles. The molecular weight excluding hydrogens is 228 g/mol. The third-order valence-corrected chi connectivity index (χ3v) is 3.77. The summed E-state index contributed by atoms with van der Waals surface area (Å²) in [6.45, 7) is 0. The van der Waals surface area contributed by atoms with E-state index in [1.807, 2.05) is 12.1 Å². The molecule has 0 amide bonds. The van der Waals surface area contributed by atoms with Crippen molar-refractivity contribution < 1.29 is 14.6 Å². The maximum absolute atomic E-state index is 11.3. The second kappa shape index (κ2) is 6.01. The van der Waals surface area contributed by atoms with Gasteiger partial charge in [-0.25, -0.2) is 4.79 Å². The molecule has 1 fully saturated rings. The van der Waals surface area contributed by atoms with Gasteiger partial charge in [0.25, 0.3) is 0 Å². The van der Waals surface area contributed by atoms with Gasteiger partial charge in [0.05, 0.1) is 18.8 Å². The lowest BCUT2D eigenvalue weighted by Crippen LogP contribution is -2.16. The molecule has 18 heavy (non-hydrogen) atoms. The third kappa shape index (κ3) is 2.91. The molecular formula is C15H20O3. The topological polar surface area (TPSA) is 46.5 Å². The van der Waals surface area contributed by atoms with Crippen molar-refractivity contribution in [3.05, 3.63) is 35.4 Å². The molecule has 0 spiro atoms. The fraction of sp³-hybridized carbons (Fsp3) is 0.533. The van der Waals surface area contributed by atoms with Crippen LogP contribution < -0.4 is 0 Å². The Morgan fingerprint density at radius 3 is 2.39 bits per heavy atom. The van der Waals surface area contributed by atoms with Crippen LogP contribution in [0, 0.1) is 5.92 Å². The van der Waals surface area contributed by atoms with E-state index in [0.717, 1.165) is 18.4 Å². The molecule has 0 saturated heterocycles. The molecule has 0 heterocycles. The molecule has 1 aliphatic carbocycles. The number of rotatable bonds is 3. The SMILES string of the molecule is COC(=O)c1ccc([C@H](O)C2CCCCC2)cc1. The predicted octanol–water partition coefficient (Wildman–Crippen LogP) is 3.09. The van der Waals surface area contributed by atoms with Gasteiger partial charge in [0.1, 0.15) is 0 Å². The minimum atomic E-state index is -0.406. The fourth-order valence-electron chi connectivity index (χ4n) is 2.66. The van der Waals surface area contributed by atoms with Gasteiger partial charge in [-0.05, 0) is 36.5 Å². The van der Waals surface area contributed by atoms with Crippen LogP contribution in [0.2, 0.25) is 0 Å². The summed E-state index contributed by atoms with van der Waals surface area (Å²) in [5.41, 5.74) is 1.42. The summed E-state index contributed by atoms with van der Waals surface area (Å²) in [6.07, 6.45) is 5.49. The van der Waals surface area contributed by atoms with E-state index in [0.29, 0.717) is 11.5 Å². The first-order valence-electron chi connectivity index (χ1n) is 6.58. The molecule has 0 unspecified atom stereocenters. The van der Waals surface area contributed by atoms with Crippen LogP contribution >= 0.6 is 0 Å². The van der Waals surface area contributed by atoms with Crippen molar-refractivity contribution in [3.63, 3.8) is 0 Å². The van der Waals surface area contributed by atoms with Crippen molar-refractivity contribution in [2.75, 3.05) is 7.11 Å². The van der Waals surface area contributed by atoms with Crippen molar-refractivity contribution in [3.8, 4) is 0 Å². The van der Waals surface area contributed by atoms with Crippen LogP contribution in [-0.2, 0) is 4.74 Å². The number of benzene rings is 1. The zero-order valence-electron chi connectivity index (χ0n) is 10.8. The number of carbonyl (C=O) groups is 1. The molecule has 0 aromatic heterocycles. The van der Waals surface area contributed by atoms with E-state index in [2.05, 4.69) is 4.74 Å². The first-order valence-corrected chi connectivity index (χ1v) is 6.58. The van der Waals surface area contributed by atoms with E-state index in [4.69, 9.17) is 0 Å². The van der Waals surface area contributed by atoms with Crippen molar-refractivity contribution in [1.29, 1.82) is 0 Å². The second-order valence-electron chi connectivity index (χ2n) is 4.96.